The van der Waals surface area contributed by atoms with E-state index in [1.165, 1.54) is 0 Å². The van der Waals surface area contributed by atoms with Gasteiger partial charge in [0.2, 0.25) is 0 Å². The standard InChI is InChI=1S/C15H24N4/c1-4-18(5-2)11-13(3)16-10-14-12-19-9-7-6-8-15(19)17-14/h6-9,12-13,16H,4-5,10-11H2,1-3H3. The quantitative estimate of drug-likeness (QED) is 0.828. The molecule has 0 aliphatic heterocycles. The highest BCUT2D eigenvalue weighted by Crippen LogP contribution is 2.04. The fraction of sp³-hybridized carbons (Fsp3) is 0.533. The molecule has 0 bridgehead atoms. The van der Waals surface area contributed by atoms with Gasteiger partial charge in [-0.2, -0.15) is 0 Å². The van der Waals surface area contributed by atoms with E-state index in [9.17, 15) is 0 Å². The van der Waals surface area contributed by atoms with Gasteiger partial charge in [-0.05, 0) is 32.1 Å². The molecule has 2 rings (SSSR count). The third-order valence-electron chi connectivity index (χ3n) is 3.47. The molecule has 0 aliphatic rings. The van der Waals surface area contributed by atoms with Crippen LogP contribution >= 0.6 is 0 Å². The van der Waals surface area contributed by atoms with Crippen LogP contribution < -0.4 is 5.32 Å². The molecule has 0 saturated heterocycles. The van der Waals surface area contributed by atoms with Crippen LogP contribution in [0.3, 0.4) is 0 Å². The van der Waals surface area contributed by atoms with E-state index in [-0.39, 0.29) is 0 Å². The minimum atomic E-state index is 0.477. The minimum Gasteiger partial charge on any atom is -0.307 e. The summed E-state index contributed by atoms with van der Waals surface area (Å²) in [5.74, 6) is 0. The van der Waals surface area contributed by atoms with E-state index in [0.717, 1.165) is 37.5 Å². The number of nitrogens with zero attached hydrogens (tertiary/aromatic N) is 3. The van der Waals surface area contributed by atoms with E-state index >= 15 is 0 Å². The highest BCUT2D eigenvalue weighted by molar-refractivity contribution is 5.39. The number of hydrogen-bond acceptors (Lipinski definition) is 3. The summed E-state index contributed by atoms with van der Waals surface area (Å²) in [5.41, 5.74) is 2.10. The van der Waals surface area contributed by atoms with Gasteiger partial charge in [0.05, 0.1) is 5.69 Å². The number of likely N-dealkylation sites (N-methyl/N-ethyl adjacent to an activating group) is 1. The van der Waals surface area contributed by atoms with Crippen LogP contribution in [-0.2, 0) is 6.54 Å². The predicted molar refractivity (Wildman–Crippen MR) is 79.3 cm³/mol. The van der Waals surface area contributed by atoms with Gasteiger partial charge in [-0.1, -0.05) is 19.9 Å². The van der Waals surface area contributed by atoms with Crippen LogP contribution in [0, 0.1) is 0 Å². The lowest BCUT2D eigenvalue weighted by atomic mass is 10.3. The number of fused-ring (bicyclic) bond motifs is 1. The lowest BCUT2D eigenvalue weighted by Gasteiger charge is -2.23. The van der Waals surface area contributed by atoms with Crippen molar-refractivity contribution < 1.29 is 0 Å². The van der Waals surface area contributed by atoms with Crippen LogP contribution in [0.25, 0.3) is 5.65 Å². The van der Waals surface area contributed by atoms with Crippen molar-refractivity contribution in [2.45, 2.75) is 33.4 Å². The van der Waals surface area contributed by atoms with Gasteiger partial charge in [0.25, 0.3) is 0 Å². The number of aromatic nitrogens is 2. The molecule has 1 N–H and O–H groups in total. The van der Waals surface area contributed by atoms with Gasteiger partial charge in [0.1, 0.15) is 5.65 Å². The van der Waals surface area contributed by atoms with E-state index in [4.69, 9.17) is 0 Å². The molecule has 2 heterocycles. The minimum absolute atomic E-state index is 0.477. The summed E-state index contributed by atoms with van der Waals surface area (Å²) in [5, 5.41) is 3.54. The fourth-order valence-electron chi connectivity index (χ4n) is 2.28. The van der Waals surface area contributed by atoms with E-state index in [1.807, 2.05) is 24.4 Å². The summed E-state index contributed by atoms with van der Waals surface area (Å²) in [6, 6.07) is 6.55. The Labute approximate surface area is 115 Å². The number of hydrogen-bond donors (Lipinski definition) is 1. The van der Waals surface area contributed by atoms with Crippen molar-refractivity contribution >= 4 is 5.65 Å². The molecule has 104 valence electrons. The molecule has 2 aromatic rings. The van der Waals surface area contributed by atoms with Crippen LogP contribution in [0.2, 0.25) is 0 Å². The summed E-state index contributed by atoms with van der Waals surface area (Å²) >= 11 is 0. The molecule has 1 unspecified atom stereocenters. The second-order valence-corrected chi connectivity index (χ2v) is 4.97. The summed E-state index contributed by atoms with van der Waals surface area (Å²) < 4.78 is 2.06. The van der Waals surface area contributed by atoms with Crippen molar-refractivity contribution in [3.05, 3.63) is 36.3 Å². The zero-order chi connectivity index (χ0) is 13.7. The topological polar surface area (TPSA) is 32.6 Å². The first-order valence-electron chi connectivity index (χ1n) is 7.11. The molecule has 0 radical (unpaired) electrons. The lowest BCUT2D eigenvalue weighted by Crippen LogP contribution is -2.38. The van der Waals surface area contributed by atoms with Gasteiger partial charge in [0.15, 0.2) is 0 Å². The largest absolute Gasteiger partial charge is 0.307 e. The average Bonchev–Trinajstić information content (AvgIpc) is 2.85. The summed E-state index contributed by atoms with van der Waals surface area (Å²) in [6.07, 6.45) is 4.12. The summed E-state index contributed by atoms with van der Waals surface area (Å²) in [4.78, 5) is 7.02. The molecule has 2 aromatic heterocycles. The number of imidazole rings is 1. The SMILES string of the molecule is CCN(CC)CC(C)NCc1cn2ccccc2n1. The van der Waals surface area contributed by atoms with E-state index in [0.29, 0.717) is 6.04 Å². The van der Waals surface area contributed by atoms with Crippen LogP contribution in [0.5, 0.6) is 0 Å². The molecule has 0 saturated carbocycles. The molecule has 0 fully saturated rings. The second-order valence-electron chi connectivity index (χ2n) is 4.97. The van der Waals surface area contributed by atoms with Crippen molar-refractivity contribution in [2.75, 3.05) is 19.6 Å². The van der Waals surface area contributed by atoms with E-state index in [2.05, 4.69) is 46.6 Å². The first-order chi connectivity index (χ1) is 9.22. The Balaban J connectivity index is 1.87. The van der Waals surface area contributed by atoms with Crippen LogP contribution in [0.1, 0.15) is 26.5 Å². The maximum absolute atomic E-state index is 4.59. The Morgan fingerprint density at radius 2 is 2.11 bits per heavy atom. The molecule has 0 amide bonds. The second kappa shape index (κ2) is 6.68. The molecule has 19 heavy (non-hydrogen) atoms. The lowest BCUT2D eigenvalue weighted by molar-refractivity contribution is 0.270. The molecule has 4 nitrogen and oxygen atoms in total. The average molecular weight is 260 g/mol. The maximum atomic E-state index is 4.59. The van der Waals surface area contributed by atoms with Crippen molar-refractivity contribution in [1.29, 1.82) is 0 Å². The summed E-state index contributed by atoms with van der Waals surface area (Å²) in [7, 11) is 0. The summed E-state index contributed by atoms with van der Waals surface area (Å²) in [6.45, 7) is 10.8. The Morgan fingerprint density at radius 3 is 2.79 bits per heavy atom. The Hall–Kier alpha value is -1.39. The molecule has 0 spiro atoms. The highest BCUT2D eigenvalue weighted by atomic mass is 15.1. The van der Waals surface area contributed by atoms with Gasteiger partial charge in [-0.15, -0.1) is 0 Å². The third-order valence-corrected chi connectivity index (χ3v) is 3.47. The predicted octanol–water partition coefficient (Wildman–Crippen LogP) is 2.15. The molecule has 4 heteroatoms. The number of nitrogens with one attached hydrogen (secondary N) is 1. The van der Waals surface area contributed by atoms with Crippen molar-refractivity contribution in [3.8, 4) is 0 Å². The Kier molecular flexibility index (Phi) is 4.93. The molecule has 0 aliphatic carbocycles. The van der Waals surface area contributed by atoms with E-state index < -0.39 is 0 Å². The Morgan fingerprint density at radius 1 is 1.32 bits per heavy atom. The first-order valence-corrected chi connectivity index (χ1v) is 7.11. The zero-order valence-corrected chi connectivity index (χ0v) is 12.1. The smallest absolute Gasteiger partial charge is 0.137 e. The van der Waals surface area contributed by atoms with Gasteiger partial charge in [0, 0.05) is 31.5 Å². The fourth-order valence-corrected chi connectivity index (χ4v) is 2.28. The zero-order valence-electron chi connectivity index (χ0n) is 12.1. The van der Waals surface area contributed by atoms with Crippen molar-refractivity contribution in [3.63, 3.8) is 0 Å². The van der Waals surface area contributed by atoms with Gasteiger partial charge in [-0.25, -0.2) is 4.98 Å². The Bertz CT molecular complexity index is 469. The van der Waals surface area contributed by atoms with Crippen molar-refractivity contribution in [2.24, 2.45) is 0 Å². The van der Waals surface area contributed by atoms with Crippen LogP contribution in [-0.4, -0.2) is 40.0 Å². The van der Waals surface area contributed by atoms with Gasteiger partial charge >= 0.3 is 0 Å². The molecule has 0 aromatic carbocycles. The highest BCUT2D eigenvalue weighted by Gasteiger charge is 2.07. The monoisotopic (exact) mass is 260 g/mol. The number of pyridine rings is 1. The maximum Gasteiger partial charge on any atom is 0.137 e. The number of rotatable bonds is 7. The third kappa shape index (κ3) is 3.78. The molecular formula is C15H24N4. The van der Waals surface area contributed by atoms with Gasteiger partial charge in [-0.3, -0.25) is 0 Å². The van der Waals surface area contributed by atoms with Crippen LogP contribution in [0.4, 0.5) is 0 Å². The first kappa shape index (κ1) is 14.0. The molecule has 1 atom stereocenters. The normalized spacial score (nSPS) is 13.3. The van der Waals surface area contributed by atoms with Crippen LogP contribution in [0.15, 0.2) is 30.6 Å². The van der Waals surface area contributed by atoms with Crippen molar-refractivity contribution in [1.82, 2.24) is 19.6 Å². The van der Waals surface area contributed by atoms with Gasteiger partial charge < -0.3 is 14.6 Å². The molecular weight excluding hydrogens is 236 g/mol. The van der Waals surface area contributed by atoms with E-state index in [1.54, 1.807) is 0 Å².